The van der Waals surface area contributed by atoms with Crippen LogP contribution < -0.4 is 5.01 Å². The fraction of sp³-hybridized carbons (Fsp3) is 0.409. The molecule has 4 nitrogen and oxygen atoms in total. The minimum Gasteiger partial charge on any atom is -0.261 e. The zero-order valence-electron chi connectivity index (χ0n) is 15.1. The SMILES string of the molecule is N#Cc1ccc(N2N=C3c4cccnc4CC[C@@H]3[C@@H]2C2CCCC2)cc1Cl. The fourth-order valence-electron chi connectivity index (χ4n) is 5.11. The lowest BCUT2D eigenvalue weighted by Crippen LogP contribution is -2.40. The number of hydrogen-bond acceptors (Lipinski definition) is 4. The first kappa shape index (κ1) is 16.8. The number of hydrogen-bond donors (Lipinski definition) is 0. The lowest BCUT2D eigenvalue weighted by molar-refractivity contribution is 0.353. The second kappa shape index (κ2) is 6.65. The number of aryl methyl sites for hydroxylation is 1. The van der Waals surface area contributed by atoms with Gasteiger partial charge in [-0.25, -0.2) is 0 Å². The van der Waals surface area contributed by atoms with Gasteiger partial charge < -0.3 is 0 Å². The molecule has 2 atom stereocenters. The molecule has 1 aliphatic heterocycles. The molecule has 0 saturated heterocycles. The topological polar surface area (TPSA) is 52.3 Å². The van der Waals surface area contributed by atoms with Gasteiger partial charge in [0.25, 0.3) is 0 Å². The van der Waals surface area contributed by atoms with Crippen molar-refractivity contribution in [3.8, 4) is 6.07 Å². The predicted octanol–water partition coefficient (Wildman–Crippen LogP) is 4.95. The Balaban J connectivity index is 1.60. The van der Waals surface area contributed by atoms with E-state index >= 15 is 0 Å². The van der Waals surface area contributed by atoms with Crippen LogP contribution in [-0.4, -0.2) is 16.7 Å². The van der Waals surface area contributed by atoms with Gasteiger partial charge in [-0.2, -0.15) is 10.4 Å². The first-order valence-corrected chi connectivity index (χ1v) is 10.2. The summed E-state index contributed by atoms with van der Waals surface area (Å²) in [5, 5.41) is 17.0. The Morgan fingerprint density at radius 2 is 2.00 bits per heavy atom. The van der Waals surface area contributed by atoms with Crippen LogP contribution in [0.1, 0.15) is 48.9 Å². The highest BCUT2D eigenvalue weighted by Crippen LogP contribution is 2.44. The van der Waals surface area contributed by atoms with Crippen molar-refractivity contribution in [3.63, 3.8) is 0 Å². The van der Waals surface area contributed by atoms with Crippen molar-refractivity contribution >= 4 is 23.0 Å². The van der Waals surface area contributed by atoms with Gasteiger partial charge in [0, 0.05) is 23.4 Å². The van der Waals surface area contributed by atoms with Crippen LogP contribution in [0.25, 0.3) is 0 Å². The zero-order chi connectivity index (χ0) is 18.4. The third-order valence-corrected chi connectivity index (χ3v) is 6.65. The van der Waals surface area contributed by atoms with E-state index in [1.54, 1.807) is 6.07 Å². The molecule has 5 rings (SSSR count). The summed E-state index contributed by atoms with van der Waals surface area (Å²) >= 11 is 6.34. The maximum atomic E-state index is 9.19. The molecule has 1 saturated carbocycles. The van der Waals surface area contributed by atoms with Crippen molar-refractivity contribution in [1.82, 2.24) is 4.98 Å². The third-order valence-electron chi connectivity index (χ3n) is 6.34. The van der Waals surface area contributed by atoms with Gasteiger partial charge in [-0.1, -0.05) is 24.4 Å². The number of fused-ring (bicyclic) bond motifs is 3. The van der Waals surface area contributed by atoms with Crippen LogP contribution in [0.15, 0.2) is 41.6 Å². The van der Waals surface area contributed by atoms with Crippen molar-refractivity contribution in [2.75, 3.05) is 5.01 Å². The molecule has 0 bridgehead atoms. The molecule has 2 aliphatic carbocycles. The predicted molar refractivity (Wildman–Crippen MR) is 107 cm³/mol. The first-order valence-electron chi connectivity index (χ1n) is 9.78. The Morgan fingerprint density at radius 1 is 1.15 bits per heavy atom. The minimum absolute atomic E-state index is 0.375. The summed E-state index contributed by atoms with van der Waals surface area (Å²) < 4.78 is 0. The van der Waals surface area contributed by atoms with E-state index in [9.17, 15) is 5.26 Å². The molecule has 0 unspecified atom stereocenters. The van der Waals surface area contributed by atoms with Crippen LogP contribution >= 0.6 is 11.6 Å². The number of pyridine rings is 1. The Hall–Kier alpha value is -2.38. The first-order chi connectivity index (χ1) is 13.3. The van der Waals surface area contributed by atoms with Gasteiger partial charge in [0.2, 0.25) is 0 Å². The molecule has 0 spiro atoms. The van der Waals surface area contributed by atoms with E-state index < -0.39 is 0 Å². The van der Waals surface area contributed by atoms with Gasteiger partial charge in [-0.15, -0.1) is 0 Å². The van der Waals surface area contributed by atoms with Crippen LogP contribution in [0.2, 0.25) is 5.02 Å². The van der Waals surface area contributed by atoms with Crippen molar-refractivity contribution in [2.45, 2.75) is 44.6 Å². The summed E-state index contributed by atoms with van der Waals surface area (Å²) in [6.45, 7) is 0. The Kier molecular flexibility index (Phi) is 4.13. The summed E-state index contributed by atoms with van der Waals surface area (Å²) in [5.74, 6) is 1.10. The van der Waals surface area contributed by atoms with Gasteiger partial charge in [0.15, 0.2) is 0 Å². The van der Waals surface area contributed by atoms with Crippen LogP contribution in [0.3, 0.4) is 0 Å². The molecule has 136 valence electrons. The highest BCUT2D eigenvalue weighted by Gasteiger charge is 2.45. The van der Waals surface area contributed by atoms with Crippen molar-refractivity contribution in [3.05, 3.63) is 58.4 Å². The molecule has 5 heteroatoms. The Bertz CT molecular complexity index is 955. The number of hydrazone groups is 1. The molecular formula is C22H21ClN4. The van der Waals surface area contributed by atoms with Crippen molar-refractivity contribution in [2.24, 2.45) is 16.9 Å². The summed E-state index contributed by atoms with van der Waals surface area (Å²) in [7, 11) is 0. The number of benzene rings is 1. The highest BCUT2D eigenvalue weighted by molar-refractivity contribution is 6.32. The van der Waals surface area contributed by atoms with E-state index in [1.807, 2.05) is 24.4 Å². The van der Waals surface area contributed by atoms with E-state index in [-0.39, 0.29) is 0 Å². The number of rotatable bonds is 2. The van der Waals surface area contributed by atoms with Gasteiger partial charge in [-0.3, -0.25) is 9.99 Å². The van der Waals surface area contributed by atoms with E-state index in [1.165, 1.54) is 37.0 Å². The number of aromatic nitrogens is 1. The summed E-state index contributed by atoms with van der Waals surface area (Å²) in [4.78, 5) is 4.58. The largest absolute Gasteiger partial charge is 0.261 e. The minimum atomic E-state index is 0.375. The van der Waals surface area contributed by atoms with Crippen LogP contribution in [-0.2, 0) is 6.42 Å². The third kappa shape index (κ3) is 2.73. The molecule has 27 heavy (non-hydrogen) atoms. The van der Waals surface area contributed by atoms with Gasteiger partial charge >= 0.3 is 0 Å². The van der Waals surface area contributed by atoms with Crippen molar-refractivity contribution in [1.29, 1.82) is 5.26 Å². The van der Waals surface area contributed by atoms with Crippen LogP contribution in [0, 0.1) is 23.2 Å². The normalized spacial score (nSPS) is 24.3. The number of anilines is 1. The standard InChI is InChI=1S/C22H21ClN4/c23-19-12-16(8-7-15(19)13-24)27-22(14-4-1-2-5-14)18-9-10-20-17(21(18)26-27)6-3-11-25-20/h3,6-8,11-12,14,18,22H,1-2,4-5,9-10H2/t18-,22-/m0/s1. The highest BCUT2D eigenvalue weighted by atomic mass is 35.5. The van der Waals surface area contributed by atoms with Crippen LogP contribution in [0.5, 0.6) is 0 Å². The fourth-order valence-corrected chi connectivity index (χ4v) is 5.32. The molecule has 0 N–H and O–H groups in total. The summed E-state index contributed by atoms with van der Waals surface area (Å²) in [6, 6.07) is 12.4. The molecule has 1 aromatic carbocycles. The van der Waals surface area contributed by atoms with Crippen LogP contribution in [0.4, 0.5) is 5.69 Å². The zero-order valence-corrected chi connectivity index (χ0v) is 15.9. The van der Waals surface area contributed by atoms with E-state index in [4.69, 9.17) is 16.7 Å². The number of nitrogens with zero attached hydrogens (tertiary/aromatic N) is 4. The lowest BCUT2D eigenvalue weighted by Gasteiger charge is -2.34. The van der Waals surface area contributed by atoms with E-state index in [2.05, 4.69) is 22.1 Å². The quantitative estimate of drug-likeness (QED) is 0.744. The Morgan fingerprint density at radius 3 is 2.78 bits per heavy atom. The van der Waals surface area contributed by atoms with Crippen molar-refractivity contribution < 1.29 is 0 Å². The molecule has 0 amide bonds. The molecule has 2 aromatic rings. The molecule has 2 heterocycles. The average Bonchev–Trinajstić information content (AvgIpc) is 3.35. The number of nitriles is 1. The van der Waals surface area contributed by atoms with E-state index in [0.29, 0.717) is 28.5 Å². The van der Waals surface area contributed by atoms with E-state index in [0.717, 1.165) is 24.2 Å². The molecule has 3 aliphatic rings. The second-order valence-electron chi connectivity index (χ2n) is 7.78. The molecule has 1 aromatic heterocycles. The van der Waals surface area contributed by atoms with Gasteiger partial charge in [0.05, 0.1) is 28.0 Å². The van der Waals surface area contributed by atoms with Gasteiger partial charge in [-0.05, 0) is 61.9 Å². The maximum absolute atomic E-state index is 9.19. The molecule has 1 fully saturated rings. The summed E-state index contributed by atoms with van der Waals surface area (Å²) in [6.07, 6.45) is 9.15. The monoisotopic (exact) mass is 376 g/mol. The molecule has 0 radical (unpaired) electrons. The second-order valence-corrected chi connectivity index (χ2v) is 8.19. The average molecular weight is 377 g/mol. The molecular weight excluding hydrogens is 356 g/mol. The number of halogens is 1. The Labute approximate surface area is 164 Å². The summed E-state index contributed by atoms with van der Waals surface area (Å²) in [5.41, 5.74) is 5.05. The van der Waals surface area contributed by atoms with Gasteiger partial charge in [0.1, 0.15) is 6.07 Å². The maximum Gasteiger partial charge on any atom is 0.101 e. The smallest absolute Gasteiger partial charge is 0.101 e. The lowest BCUT2D eigenvalue weighted by atomic mass is 9.76.